The molecule has 2 unspecified atom stereocenters. The monoisotopic (exact) mass is 272 g/mol. The molecule has 3 nitrogen and oxygen atoms in total. The number of rotatable bonds is 4. The zero-order chi connectivity index (χ0) is 13.0. The average molecular weight is 272 g/mol. The maximum Gasteiger partial charge on any atom is 0.138 e. The first-order chi connectivity index (χ1) is 8.65. The van der Waals surface area contributed by atoms with E-state index in [0.717, 1.165) is 32.3 Å². The van der Waals surface area contributed by atoms with E-state index in [0.29, 0.717) is 12.2 Å². The molecule has 0 amide bonds. The number of ketones is 1. The predicted octanol–water partition coefficient (Wildman–Crippen LogP) is 2.67. The molecule has 2 heterocycles. The number of carbonyl (C=O) groups excluding carboxylic acids is 1. The number of ether oxygens (including phenoxy) is 2. The number of Topliss-reactive ketones (excluding diaryl/α,β-unsaturated/α-hetero) is 1. The van der Waals surface area contributed by atoms with Gasteiger partial charge in [0.05, 0.1) is 11.7 Å². The Kier molecular flexibility index (Phi) is 5.10. The Morgan fingerprint density at radius 3 is 2.89 bits per heavy atom. The third kappa shape index (κ3) is 3.49. The summed E-state index contributed by atoms with van der Waals surface area (Å²) in [5, 5.41) is 0. The zero-order valence-electron chi connectivity index (χ0n) is 11.4. The van der Waals surface area contributed by atoms with Crippen molar-refractivity contribution in [3.63, 3.8) is 0 Å². The average Bonchev–Trinajstić information content (AvgIpc) is 2.39. The summed E-state index contributed by atoms with van der Waals surface area (Å²) in [6.45, 7) is 2.71. The molecule has 0 aromatic heterocycles. The summed E-state index contributed by atoms with van der Waals surface area (Å²) in [6, 6.07) is 0. The number of carbonyl (C=O) groups is 1. The molecule has 0 saturated carbocycles. The molecule has 1 spiro atoms. The quantitative estimate of drug-likeness (QED) is 0.788. The van der Waals surface area contributed by atoms with Crippen molar-refractivity contribution in [1.29, 1.82) is 0 Å². The van der Waals surface area contributed by atoms with Gasteiger partial charge in [0, 0.05) is 26.1 Å². The smallest absolute Gasteiger partial charge is 0.138 e. The summed E-state index contributed by atoms with van der Waals surface area (Å²) in [5.41, 5.74) is 0.0140. The summed E-state index contributed by atoms with van der Waals surface area (Å²) in [5.74, 6) is 2.91. The van der Waals surface area contributed by atoms with Crippen molar-refractivity contribution in [2.75, 3.05) is 25.2 Å². The van der Waals surface area contributed by atoms with Crippen LogP contribution in [-0.2, 0) is 14.3 Å². The number of hydrogen-bond acceptors (Lipinski definition) is 4. The number of hydrogen-bond donors (Lipinski definition) is 0. The van der Waals surface area contributed by atoms with E-state index in [2.05, 4.69) is 0 Å². The Morgan fingerprint density at radius 1 is 1.50 bits per heavy atom. The van der Waals surface area contributed by atoms with E-state index in [1.165, 1.54) is 11.5 Å². The second-order valence-electron chi connectivity index (χ2n) is 5.55. The van der Waals surface area contributed by atoms with Crippen molar-refractivity contribution < 1.29 is 14.3 Å². The fourth-order valence-corrected chi connectivity index (χ4v) is 4.16. The van der Waals surface area contributed by atoms with Crippen LogP contribution in [0, 0.1) is 5.92 Å². The Balaban J connectivity index is 1.91. The van der Waals surface area contributed by atoms with Gasteiger partial charge in [0.25, 0.3) is 0 Å². The van der Waals surface area contributed by atoms with Crippen LogP contribution in [0.2, 0.25) is 0 Å². The molecule has 0 aliphatic carbocycles. The predicted molar refractivity (Wildman–Crippen MR) is 74.1 cm³/mol. The summed E-state index contributed by atoms with van der Waals surface area (Å²) in [7, 11) is 1.67. The highest BCUT2D eigenvalue weighted by molar-refractivity contribution is 7.99. The van der Waals surface area contributed by atoms with Gasteiger partial charge in [-0.25, -0.2) is 0 Å². The molecule has 0 radical (unpaired) electrons. The van der Waals surface area contributed by atoms with Gasteiger partial charge in [-0.05, 0) is 44.1 Å². The van der Waals surface area contributed by atoms with E-state index in [9.17, 15) is 4.79 Å². The molecule has 4 heteroatoms. The van der Waals surface area contributed by atoms with Crippen molar-refractivity contribution in [3.8, 4) is 0 Å². The first-order valence-corrected chi connectivity index (χ1v) is 8.08. The number of thioether (sulfide) groups is 1. The van der Waals surface area contributed by atoms with E-state index < -0.39 is 0 Å². The van der Waals surface area contributed by atoms with Gasteiger partial charge in [0.1, 0.15) is 5.78 Å². The molecule has 0 bridgehead atoms. The van der Waals surface area contributed by atoms with E-state index in [1.807, 2.05) is 18.7 Å². The van der Waals surface area contributed by atoms with Crippen LogP contribution in [0.15, 0.2) is 0 Å². The molecule has 0 aromatic carbocycles. The largest absolute Gasteiger partial charge is 0.381 e. The lowest BCUT2D eigenvalue weighted by Gasteiger charge is -2.43. The van der Waals surface area contributed by atoms with Gasteiger partial charge in [-0.3, -0.25) is 4.79 Å². The molecular weight excluding hydrogens is 248 g/mol. The standard InChI is InChI=1S/C14H24O3S/c1-11(16-2)9-13(15)12-3-6-17-14(10-12)4-7-18-8-5-14/h11-12H,3-10H2,1-2H3. The minimum Gasteiger partial charge on any atom is -0.381 e. The van der Waals surface area contributed by atoms with Crippen LogP contribution in [0.3, 0.4) is 0 Å². The van der Waals surface area contributed by atoms with Gasteiger partial charge >= 0.3 is 0 Å². The first-order valence-electron chi connectivity index (χ1n) is 6.92. The minimum atomic E-state index is 0.0140. The van der Waals surface area contributed by atoms with Gasteiger partial charge in [0.2, 0.25) is 0 Å². The molecule has 0 N–H and O–H groups in total. The summed E-state index contributed by atoms with van der Waals surface area (Å²) >= 11 is 2.00. The molecule has 2 fully saturated rings. The van der Waals surface area contributed by atoms with E-state index in [4.69, 9.17) is 9.47 Å². The van der Waals surface area contributed by atoms with Crippen molar-refractivity contribution in [3.05, 3.63) is 0 Å². The molecule has 104 valence electrons. The second kappa shape index (κ2) is 6.40. The molecule has 18 heavy (non-hydrogen) atoms. The molecular formula is C14H24O3S. The Hall–Kier alpha value is -0.0600. The number of methoxy groups -OCH3 is 1. The summed E-state index contributed by atoms with van der Waals surface area (Å²) in [6.07, 6.45) is 4.64. The van der Waals surface area contributed by atoms with Crippen LogP contribution >= 0.6 is 11.8 Å². The van der Waals surface area contributed by atoms with Crippen LogP contribution < -0.4 is 0 Å². The van der Waals surface area contributed by atoms with Crippen LogP contribution in [-0.4, -0.2) is 42.7 Å². The van der Waals surface area contributed by atoms with E-state index in [-0.39, 0.29) is 17.6 Å². The van der Waals surface area contributed by atoms with Crippen molar-refractivity contribution >= 4 is 17.5 Å². The highest BCUT2D eigenvalue weighted by Crippen LogP contribution is 2.40. The van der Waals surface area contributed by atoms with Gasteiger partial charge in [-0.2, -0.15) is 11.8 Å². The van der Waals surface area contributed by atoms with Crippen molar-refractivity contribution in [1.82, 2.24) is 0 Å². The molecule has 2 rings (SSSR count). The zero-order valence-corrected chi connectivity index (χ0v) is 12.3. The fourth-order valence-electron chi connectivity index (χ4n) is 2.93. The lowest BCUT2D eigenvalue weighted by atomic mass is 9.79. The normalized spacial score (nSPS) is 29.1. The van der Waals surface area contributed by atoms with Gasteiger partial charge in [0.15, 0.2) is 0 Å². The first kappa shape index (κ1) is 14.4. The molecule has 2 saturated heterocycles. The third-order valence-electron chi connectivity index (χ3n) is 4.24. The van der Waals surface area contributed by atoms with Crippen LogP contribution in [0.4, 0.5) is 0 Å². The SMILES string of the molecule is COC(C)CC(=O)C1CCOC2(CCSCC2)C1. The van der Waals surface area contributed by atoms with Gasteiger partial charge < -0.3 is 9.47 Å². The van der Waals surface area contributed by atoms with Crippen LogP contribution in [0.5, 0.6) is 0 Å². The van der Waals surface area contributed by atoms with E-state index >= 15 is 0 Å². The Morgan fingerprint density at radius 2 is 2.22 bits per heavy atom. The summed E-state index contributed by atoms with van der Waals surface area (Å²) < 4.78 is 11.2. The maximum absolute atomic E-state index is 12.3. The molecule has 2 aliphatic rings. The summed E-state index contributed by atoms with van der Waals surface area (Å²) in [4.78, 5) is 12.3. The molecule has 2 aliphatic heterocycles. The molecule has 2 atom stereocenters. The third-order valence-corrected chi connectivity index (χ3v) is 5.23. The second-order valence-corrected chi connectivity index (χ2v) is 6.78. The van der Waals surface area contributed by atoms with Crippen molar-refractivity contribution in [2.24, 2.45) is 5.92 Å². The van der Waals surface area contributed by atoms with Crippen LogP contribution in [0.1, 0.15) is 39.0 Å². The van der Waals surface area contributed by atoms with Crippen LogP contribution in [0.25, 0.3) is 0 Å². The highest BCUT2D eigenvalue weighted by Gasteiger charge is 2.40. The topological polar surface area (TPSA) is 35.5 Å². The lowest BCUT2D eigenvalue weighted by molar-refractivity contribution is -0.140. The van der Waals surface area contributed by atoms with Crippen molar-refractivity contribution in [2.45, 2.75) is 50.7 Å². The van der Waals surface area contributed by atoms with Gasteiger partial charge in [-0.1, -0.05) is 0 Å². The maximum atomic E-state index is 12.3. The fraction of sp³-hybridized carbons (Fsp3) is 0.929. The highest BCUT2D eigenvalue weighted by atomic mass is 32.2. The lowest BCUT2D eigenvalue weighted by Crippen LogP contribution is -2.44. The Labute approximate surface area is 114 Å². The van der Waals surface area contributed by atoms with Gasteiger partial charge in [-0.15, -0.1) is 0 Å². The Bertz CT molecular complexity index is 281. The molecule has 0 aromatic rings. The minimum absolute atomic E-state index is 0.0140. The van der Waals surface area contributed by atoms with E-state index in [1.54, 1.807) is 7.11 Å².